The summed E-state index contributed by atoms with van der Waals surface area (Å²) in [6.07, 6.45) is 0. The molecular weight excluding hydrogens is 196 g/mol. The van der Waals surface area contributed by atoms with Crippen molar-refractivity contribution >= 4 is 0 Å². The Bertz CT molecular complexity index is 233. The Morgan fingerprint density at radius 3 is 2.38 bits per heavy atom. The fourth-order valence-electron chi connectivity index (χ4n) is 2.49. The van der Waals surface area contributed by atoms with Gasteiger partial charge in [0.25, 0.3) is 0 Å². The van der Waals surface area contributed by atoms with Gasteiger partial charge in [0.05, 0.1) is 0 Å². The molecule has 0 aromatic rings. The van der Waals surface area contributed by atoms with Crippen molar-refractivity contribution in [1.29, 1.82) is 0 Å². The van der Waals surface area contributed by atoms with Crippen LogP contribution in [0.5, 0.6) is 0 Å². The first-order chi connectivity index (χ1) is 7.41. The third-order valence-electron chi connectivity index (χ3n) is 3.54. The topological polar surface area (TPSA) is 15.3 Å². The van der Waals surface area contributed by atoms with E-state index in [0.29, 0.717) is 23.9 Å². The van der Waals surface area contributed by atoms with Crippen LogP contribution < -0.4 is 5.32 Å². The van der Waals surface area contributed by atoms with Crippen LogP contribution in [0, 0.1) is 11.8 Å². The van der Waals surface area contributed by atoms with Crippen LogP contribution in [0.15, 0.2) is 12.2 Å². The Kier molecular flexibility index (Phi) is 5.00. The van der Waals surface area contributed by atoms with Crippen molar-refractivity contribution in [2.24, 2.45) is 11.8 Å². The Morgan fingerprint density at radius 2 is 1.94 bits per heavy atom. The lowest BCUT2D eigenvalue weighted by Crippen LogP contribution is -2.59. The molecule has 1 rings (SSSR count). The van der Waals surface area contributed by atoms with Crippen molar-refractivity contribution in [1.82, 2.24) is 10.2 Å². The highest BCUT2D eigenvalue weighted by Crippen LogP contribution is 2.19. The van der Waals surface area contributed by atoms with E-state index in [0.717, 1.165) is 19.6 Å². The van der Waals surface area contributed by atoms with Crippen LogP contribution in [0.3, 0.4) is 0 Å². The average molecular weight is 224 g/mol. The Balaban J connectivity index is 2.65. The van der Waals surface area contributed by atoms with E-state index in [9.17, 15) is 0 Å². The summed E-state index contributed by atoms with van der Waals surface area (Å²) in [5.41, 5.74) is 1.27. The maximum atomic E-state index is 4.05. The molecule has 1 saturated heterocycles. The van der Waals surface area contributed by atoms with E-state index in [1.807, 2.05) is 0 Å². The molecule has 0 amide bonds. The van der Waals surface area contributed by atoms with E-state index in [2.05, 4.69) is 51.4 Å². The molecule has 0 aliphatic carbocycles. The van der Waals surface area contributed by atoms with Crippen molar-refractivity contribution in [3.8, 4) is 0 Å². The first kappa shape index (κ1) is 13.7. The van der Waals surface area contributed by atoms with E-state index in [4.69, 9.17) is 0 Å². The predicted octanol–water partition coefficient (Wildman–Crippen LogP) is 2.52. The first-order valence-corrected chi connectivity index (χ1v) is 6.53. The summed E-state index contributed by atoms with van der Waals surface area (Å²) in [4.78, 5) is 2.61. The van der Waals surface area contributed by atoms with Gasteiger partial charge in [-0.1, -0.05) is 39.8 Å². The molecular formula is C14H28N2. The maximum Gasteiger partial charge on any atom is 0.0247 e. The lowest BCUT2D eigenvalue weighted by Gasteiger charge is -2.43. The monoisotopic (exact) mass is 224 g/mol. The minimum Gasteiger partial charge on any atom is -0.311 e. The van der Waals surface area contributed by atoms with E-state index in [-0.39, 0.29) is 0 Å². The van der Waals surface area contributed by atoms with Gasteiger partial charge in [0.15, 0.2) is 0 Å². The second-order valence-electron chi connectivity index (χ2n) is 5.96. The molecule has 2 heteroatoms. The van der Waals surface area contributed by atoms with Gasteiger partial charge in [-0.25, -0.2) is 0 Å². The molecule has 0 saturated carbocycles. The number of hydrogen-bond donors (Lipinski definition) is 1. The zero-order valence-electron chi connectivity index (χ0n) is 11.6. The highest BCUT2D eigenvalue weighted by atomic mass is 15.2. The molecule has 0 aromatic carbocycles. The summed E-state index contributed by atoms with van der Waals surface area (Å²) in [6, 6.07) is 1.29. The summed E-state index contributed by atoms with van der Waals surface area (Å²) in [5.74, 6) is 1.42. The molecule has 0 radical (unpaired) electrons. The van der Waals surface area contributed by atoms with E-state index >= 15 is 0 Å². The van der Waals surface area contributed by atoms with Crippen LogP contribution in [-0.4, -0.2) is 36.6 Å². The first-order valence-electron chi connectivity index (χ1n) is 6.53. The molecule has 1 aliphatic heterocycles. The maximum absolute atomic E-state index is 4.05. The second-order valence-corrected chi connectivity index (χ2v) is 5.96. The largest absolute Gasteiger partial charge is 0.311 e. The summed E-state index contributed by atoms with van der Waals surface area (Å²) in [6.45, 7) is 18.7. The highest BCUT2D eigenvalue weighted by Gasteiger charge is 2.30. The van der Waals surface area contributed by atoms with Crippen LogP contribution in [0.25, 0.3) is 0 Å². The fourth-order valence-corrected chi connectivity index (χ4v) is 2.49. The zero-order chi connectivity index (χ0) is 12.3. The molecule has 1 aliphatic rings. The summed E-state index contributed by atoms with van der Waals surface area (Å²) in [7, 11) is 0. The molecule has 0 spiro atoms. The van der Waals surface area contributed by atoms with Crippen molar-refractivity contribution in [3.63, 3.8) is 0 Å². The van der Waals surface area contributed by atoms with E-state index < -0.39 is 0 Å². The molecule has 2 nitrogen and oxygen atoms in total. The van der Waals surface area contributed by atoms with Crippen molar-refractivity contribution < 1.29 is 0 Å². The predicted molar refractivity (Wildman–Crippen MR) is 71.6 cm³/mol. The summed E-state index contributed by atoms with van der Waals surface area (Å²) >= 11 is 0. The standard InChI is InChI=1S/C14H28N2/c1-10(2)8-16-9-13(11(3)4)15-7-14(16)12(5)6/h11-15H,1,7-9H2,2-6H3. The molecule has 94 valence electrons. The van der Waals surface area contributed by atoms with Gasteiger partial charge in [0.2, 0.25) is 0 Å². The molecule has 2 atom stereocenters. The molecule has 0 aromatic heterocycles. The van der Waals surface area contributed by atoms with Crippen LogP contribution in [-0.2, 0) is 0 Å². The second kappa shape index (κ2) is 5.83. The van der Waals surface area contributed by atoms with Crippen LogP contribution >= 0.6 is 0 Å². The Labute approximate surface area is 101 Å². The van der Waals surface area contributed by atoms with Crippen LogP contribution in [0.2, 0.25) is 0 Å². The SMILES string of the molecule is C=C(C)CN1CC(C(C)C)NCC1C(C)C. The average Bonchev–Trinajstić information content (AvgIpc) is 2.15. The van der Waals surface area contributed by atoms with Gasteiger partial charge in [-0.2, -0.15) is 0 Å². The number of rotatable bonds is 4. The third kappa shape index (κ3) is 3.60. The van der Waals surface area contributed by atoms with Crippen molar-refractivity contribution in [2.45, 2.75) is 46.7 Å². The van der Waals surface area contributed by atoms with Gasteiger partial charge in [0.1, 0.15) is 0 Å². The van der Waals surface area contributed by atoms with E-state index in [1.165, 1.54) is 5.57 Å². The summed E-state index contributed by atoms with van der Waals surface area (Å²) < 4.78 is 0. The van der Waals surface area contributed by atoms with Crippen molar-refractivity contribution in [2.75, 3.05) is 19.6 Å². The van der Waals surface area contributed by atoms with Crippen LogP contribution in [0.1, 0.15) is 34.6 Å². The number of nitrogens with one attached hydrogen (secondary N) is 1. The lowest BCUT2D eigenvalue weighted by atomic mass is 9.94. The summed E-state index contributed by atoms with van der Waals surface area (Å²) in [5, 5.41) is 3.68. The molecule has 0 bridgehead atoms. The lowest BCUT2D eigenvalue weighted by molar-refractivity contribution is 0.0946. The molecule has 1 fully saturated rings. The van der Waals surface area contributed by atoms with Gasteiger partial charge >= 0.3 is 0 Å². The van der Waals surface area contributed by atoms with Gasteiger partial charge < -0.3 is 5.32 Å². The third-order valence-corrected chi connectivity index (χ3v) is 3.54. The van der Waals surface area contributed by atoms with E-state index in [1.54, 1.807) is 0 Å². The van der Waals surface area contributed by atoms with Crippen molar-refractivity contribution in [3.05, 3.63) is 12.2 Å². The molecule has 16 heavy (non-hydrogen) atoms. The Hall–Kier alpha value is -0.340. The Morgan fingerprint density at radius 1 is 1.31 bits per heavy atom. The normalized spacial score (nSPS) is 27.7. The zero-order valence-corrected chi connectivity index (χ0v) is 11.6. The molecule has 2 unspecified atom stereocenters. The minimum absolute atomic E-state index is 0.634. The number of hydrogen-bond acceptors (Lipinski definition) is 2. The van der Waals surface area contributed by atoms with Crippen LogP contribution in [0.4, 0.5) is 0 Å². The fraction of sp³-hybridized carbons (Fsp3) is 0.857. The van der Waals surface area contributed by atoms with Gasteiger partial charge in [-0.05, 0) is 18.8 Å². The minimum atomic E-state index is 0.634. The number of nitrogens with zero attached hydrogens (tertiary/aromatic N) is 1. The highest BCUT2D eigenvalue weighted by molar-refractivity contribution is 4.98. The quantitative estimate of drug-likeness (QED) is 0.738. The van der Waals surface area contributed by atoms with Gasteiger partial charge in [-0.3, -0.25) is 4.90 Å². The number of piperazine rings is 1. The molecule has 1 heterocycles. The van der Waals surface area contributed by atoms with Gasteiger partial charge in [-0.15, -0.1) is 0 Å². The van der Waals surface area contributed by atoms with Gasteiger partial charge in [0, 0.05) is 31.7 Å². The molecule has 1 N–H and O–H groups in total. The smallest absolute Gasteiger partial charge is 0.0247 e.